The van der Waals surface area contributed by atoms with Crippen LogP contribution in [0, 0.1) is 11.8 Å². The Morgan fingerprint density at radius 1 is 0.828 bits per heavy atom. The second-order valence-corrected chi connectivity index (χ2v) is 13.4. The smallest absolute Gasteiger partial charge is 0.264 e. The molecule has 0 aromatic carbocycles. The lowest BCUT2D eigenvalue weighted by molar-refractivity contribution is -0.141. The molecule has 0 heterocycles. The zero-order valence-corrected chi connectivity index (χ0v) is 19.0. The maximum atomic E-state index is 12.4. The molecule has 11 nitrogen and oxygen atoms in total. The summed E-state index contributed by atoms with van der Waals surface area (Å²) in [7, 11) is -12.9. The highest BCUT2D eigenvalue weighted by molar-refractivity contribution is 7.86. The van der Waals surface area contributed by atoms with Gasteiger partial charge in [-0.05, 0) is 6.42 Å². The Kier molecular flexibility index (Phi) is 5.29. The molecule has 3 rings (SSSR count). The van der Waals surface area contributed by atoms with Crippen LogP contribution in [0.25, 0.3) is 0 Å². The SMILES string of the molecule is CS(=O)(=O)O[C@@H]1[C@H](OS(C)(=O)=O)[C@H]2C3C[C@](Cl)(C(=O)C3=O)[C@@]2(Cl)[C@@H]1OS(C)(=O)=O. The fraction of sp³-hybridized carbons (Fsp3) is 0.846. The average molecular weight is 515 g/mol. The Morgan fingerprint density at radius 2 is 1.28 bits per heavy atom. The van der Waals surface area contributed by atoms with Gasteiger partial charge in [-0.2, -0.15) is 25.3 Å². The average Bonchev–Trinajstić information content (AvgIpc) is 2.94. The predicted octanol–water partition coefficient (Wildman–Crippen LogP) is -1.22. The van der Waals surface area contributed by atoms with Gasteiger partial charge in [0.1, 0.15) is 28.1 Å². The summed E-state index contributed by atoms with van der Waals surface area (Å²) in [6, 6.07) is 0. The van der Waals surface area contributed by atoms with Crippen LogP contribution in [0.5, 0.6) is 0 Å². The fourth-order valence-electron chi connectivity index (χ4n) is 4.46. The van der Waals surface area contributed by atoms with Gasteiger partial charge in [-0.15, -0.1) is 23.2 Å². The van der Waals surface area contributed by atoms with Gasteiger partial charge in [0.15, 0.2) is 0 Å². The standard InChI is InChI=1S/C13H16Cl2O11S3/c1-27(18,19)24-8-6-5-4-12(14,10(17)7(5)16)13(6,15)11(26-29(3,22)23)9(8)25-28(2,20)21/h5-6,8-9,11H,4H2,1-3H3/t5?,6-,8-,9-,11-,12+,13+/m1/s1. The van der Waals surface area contributed by atoms with E-state index in [4.69, 9.17) is 35.8 Å². The van der Waals surface area contributed by atoms with Gasteiger partial charge in [0, 0.05) is 11.8 Å². The van der Waals surface area contributed by atoms with Crippen molar-refractivity contribution in [1.82, 2.24) is 0 Å². The molecule has 1 unspecified atom stereocenters. The lowest BCUT2D eigenvalue weighted by Gasteiger charge is -2.40. The summed E-state index contributed by atoms with van der Waals surface area (Å²) in [6.07, 6.45) is -4.03. The van der Waals surface area contributed by atoms with Crippen LogP contribution >= 0.6 is 23.2 Å². The van der Waals surface area contributed by atoms with Crippen LogP contribution in [-0.4, -0.2) is 83.6 Å². The molecule has 0 aromatic rings. The summed E-state index contributed by atoms with van der Waals surface area (Å²) in [5.74, 6) is -4.65. The Morgan fingerprint density at radius 3 is 1.72 bits per heavy atom. The molecule has 0 radical (unpaired) electrons. The van der Waals surface area contributed by atoms with Crippen LogP contribution in [0.1, 0.15) is 6.42 Å². The number of carbonyl (C=O) groups is 2. The van der Waals surface area contributed by atoms with Crippen molar-refractivity contribution >= 4 is 65.1 Å². The molecule has 0 spiro atoms. The second-order valence-electron chi connectivity index (χ2n) is 7.35. The Labute approximate surface area is 177 Å². The van der Waals surface area contributed by atoms with Crippen molar-refractivity contribution in [2.24, 2.45) is 11.8 Å². The third-order valence-electron chi connectivity index (χ3n) is 5.19. The van der Waals surface area contributed by atoms with E-state index >= 15 is 0 Å². The summed E-state index contributed by atoms with van der Waals surface area (Å²) in [5, 5.41) is 0. The van der Waals surface area contributed by atoms with Gasteiger partial charge in [-0.1, -0.05) is 0 Å². The van der Waals surface area contributed by atoms with E-state index in [1.54, 1.807) is 0 Å². The summed E-state index contributed by atoms with van der Waals surface area (Å²) >= 11 is 13.0. The minimum atomic E-state index is -4.33. The molecule has 0 saturated heterocycles. The predicted molar refractivity (Wildman–Crippen MR) is 97.9 cm³/mol. The van der Waals surface area contributed by atoms with E-state index < -0.39 is 81.8 Å². The summed E-state index contributed by atoms with van der Waals surface area (Å²) in [6.45, 7) is 0. The van der Waals surface area contributed by atoms with Gasteiger partial charge in [0.2, 0.25) is 11.6 Å². The zero-order valence-electron chi connectivity index (χ0n) is 15.1. The molecule has 0 aliphatic heterocycles. The first-order valence-corrected chi connectivity index (χ1v) is 14.1. The Hall–Kier alpha value is -0.350. The van der Waals surface area contributed by atoms with Crippen LogP contribution in [0.15, 0.2) is 0 Å². The van der Waals surface area contributed by atoms with Gasteiger partial charge in [0.05, 0.1) is 18.8 Å². The molecule has 16 heteroatoms. The molecule has 0 amide bonds. The van der Waals surface area contributed by atoms with Crippen molar-refractivity contribution in [1.29, 1.82) is 0 Å². The van der Waals surface area contributed by atoms with Crippen LogP contribution < -0.4 is 0 Å². The lowest BCUT2D eigenvalue weighted by atomic mass is 9.77. The first kappa shape index (κ1) is 23.3. The van der Waals surface area contributed by atoms with Crippen molar-refractivity contribution in [3.05, 3.63) is 0 Å². The maximum Gasteiger partial charge on any atom is 0.264 e. The van der Waals surface area contributed by atoms with Crippen molar-refractivity contribution in [2.45, 2.75) is 34.5 Å². The number of halogens is 2. The molecule has 166 valence electrons. The van der Waals surface area contributed by atoms with Gasteiger partial charge in [0.25, 0.3) is 30.4 Å². The minimum Gasteiger partial charge on any atom is -0.290 e. The lowest BCUT2D eigenvalue weighted by Crippen LogP contribution is -2.60. The van der Waals surface area contributed by atoms with Crippen molar-refractivity contribution in [2.75, 3.05) is 18.8 Å². The van der Waals surface area contributed by atoms with Crippen LogP contribution in [0.4, 0.5) is 0 Å². The topological polar surface area (TPSA) is 164 Å². The van der Waals surface area contributed by atoms with E-state index in [1.165, 1.54) is 0 Å². The molecule has 29 heavy (non-hydrogen) atoms. The van der Waals surface area contributed by atoms with Gasteiger partial charge in [-0.25, -0.2) is 0 Å². The maximum absolute atomic E-state index is 12.4. The van der Waals surface area contributed by atoms with Crippen molar-refractivity contribution in [3.63, 3.8) is 0 Å². The number of fused-ring (bicyclic) bond motifs is 5. The van der Waals surface area contributed by atoms with Gasteiger partial charge >= 0.3 is 0 Å². The quantitative estimate of drug-likeness (QED) is 0.236. The number of rotatable bonds is 6. The number of hydrogen-bond acceptors (Lipinski definition) is 11. The molecule has 3 fully saturated rings. The number of ketones is 2. The van der Waals surface area contributed by atoms with Gasteiger partial charge in [-0.3, -0.25) is 22.1 Å². The fourth-order valence-corrected chi connectivity index (χ4v) is 7.50. The number of hydrogen-bond donors (Lipinski definition) is 0. The second kappa shape index (κ2) is 6.58. The molecule has 7 atom stereocenters. The monoisotopic (exact) mass is 514 g/mol. The number of carbonyl (C=O) groups excluding carboxylic acids is 2. The molecule has 3 aliphatic carbocycles. The van der Waals surface area contributed by atoms with E-state index in [9.17, 15) is 34.8 Å². The molecule has 3 saturated carbocycles. The summed E-state index contributed by atoms with van der Waals surface area (Å²) in [4.78, 5) is 20.4. The van der Waals surface area contributed by atoms with E-state index in [1.807, 2.05) is 0 Å². The highest BCUT2D eigenvalue weighted by Gasteiger charge is 2.84. The first-order chi connectivity index (χ1) is 12.8. The highest BCUT2D eigenvalue weighted by Crippen LogP contribution is 2.68. The molecule has 0 aromatic heterocycles. The first-order valence-electron chi connectivity index (χ1n) is 7.93. The van der Waals surface area contributed by atoms with Crippen molar-refractivity contribution in [3.8, 4) is 0 Å². The van der Waals surface area contributed by atoms with Crippen LogP contribution in [-0.2, 0) is 52.5 Å². The minimum absolute atomic E-state index is 0.320. The molecule has 0 N–H and O–H groups in total. The summed E-state index contributed by atoms with van der Waals surface area (Å²) < 4.78 is 85.6. The Balaban J connectivity index is 2.26. The van der Waals surface area contributed by atoms with E-state index in [0.29, 0.717) is 18.8 Å². The molecular weight excluding hydrogens is 499 g/mol. The highest BCUT2D eigenvalue weighted by atomic mass is 35.5. The van der Waals surface area contributed by atoms with Crippen LogP contribution in [0.3, 0.4) is 0 Å². The van der Waals surface area contributed by atoms with Crippen LogP contribution in [0.2, 0.25) is 0 Å². The van der Waals surface area contributed by atoms with Crippen molar-refractivity contribution < 1.29 is 47.4 Å². The Bertz CT molecular complexity index is 1100. The number of alkyl halides is 2. The summed E-state index contributed by atoms with van der Waals surface area (Å²) in [5.41, 5.74) is 0. The van der Waals surface area contributed by atoms with E-state index in [2.05, 4.69) is 0 Å². The van der Waals surface area contributed by atoms with E-state index in [-0.39, 0.29) is 6.42 Å². The molecular formula is C13H16Cl2O11S3. The third-order valence-corrected chi connectivity index (χ3v) is 8.41. The zero-order chi connectivity index (χ0) is 22.4. The van der Waals surface area contributed by atoms with Gasteiger partial charge < -0.3 is 0 Å². The molecule has 2 bridgehead atoms. The largest absolute Gasteiger partial charge is 0.290 e. The normalized spacial score (nSPS) is 42.4. The van der Waals surface area contributed by atoms with E-state index in [0.717, 1.165) is 0 Å². The molecule has 3 aliphatic rings. The number of Topliss-reactive ketones (excluding diaryl/α,β-unsaturated/α-hetero) is 2. The third kappa shape index (κ3) is 3.64.